The normalized spacial score (nSPS) is 10.7. The Morgan fingerprint density at radius 1 is 1.00 bits per heavy atom. The highest BCUT2D eigenvalue weighted by Crippen LogP contribution is 2.27. The SMILES string of the molecule is COc1ccc(-n2c(COc3ccccc3)nnc2SCC(=O)Nc2ccc(Cl)cc2Cl)cc1. The van der Waals surface area contributed by atoms with Crippen LogP contribution in [0.1, 0.15) is 5.82 Å². The van der Waals surface area contributed by atoms with Crippen molar-refractivity contribution in [3.8, 4) is 17.2 Å². The number of amides is 1. The third-order valence-electron chi connectivity index (χ3n) is 4.68. The molecular formula is C24H20Cl2N4O3S. The summed E-state index contributed by atoms with van der Waals surface area (Å²) >= 11 is 13.3. The lowest BCUT2D eigenvalue weighted by molar-refractivity contribution is -0.113. The van der Waals surface area contributed by atoms with Gasteiger partial charge in [-0.15, -0.1) is 10.2 Å². The number of methoxy groups -OCH3 is 1. The van der Waals surface area contributed by atoms with Crippen LogP contribution in [0.25, 0.3) is 5.69 Å². The molecule has 0 aliphatic rings. The van der Waals surface area contributed by atoms with Crippen LogP contribution in [-0.2, 0) is 11.4 Å². The molecule has 3 aromatic carbocycles. The minimum absolute atomic E-state index is 0.104. The lowest BCUT2D eigenvalue weighted by Gasteiger charge is -2.12. The Labute approximate surface area is 211 Å². The summed E-state index contributed by atoms with van der Waals surface area (Å²) in [5, 5.41) is 12.8. The molecule has 1 N–H and O–H groups in total. The molecule has 4 rings (SSSR count). The smallest absolute Gasteiger partial charge is 0.234 e. The van der Waals surface area contributed by atoms with Crippen LogP contribution in [0.4, 0.5) is 5.69 Å². The van der Waals surface area contributed by atoms with Crippen molar-refractivity contribution in [2.24, 2.45) is 0 Å². The number of halogens is 2. The minimum Gasteiger partial charge on any atom is -0.497 e. The molecular weight excluding hydrogens is 495 g/mol. The van der Waals surface area contributed by atoms with Crippen LogP contribution in [-0.4, -0.2) is 33.5 Å². The maximum atomic E-state index is 12.5. The Balaban J connectivity index is 1.52. The van der Waals surface area contributed by atoms with Crippen LogP contribution in [0.2, 0.25) is 10.0 Å². The fourth-order valence-electron chi connectivity index (χ4n) is 3.05. The minimum atomic E-state index is -0.236. The van der Waals surface area contributed by atoms with E-state index in [1.54, 1.807) is 25.3 Å². The van der Waals surface area contributed by atoms with Gasteiger partial charge in [-0.05, 0) is 54.6 Å². The molecule has 0 aliphatic heterocycles. The maximum Gasteiger partial charge on any atom is 0.234 e. The summed E-state index contributed by atoms with van der Waals surface area (Å²) in [7, 11) is 1.61. The number of nitrogens with zero attached hydrogens (tertiary/aromatic N) is 3. The van der Waals surface area contributed by atoms with Gasteiger partial charge in [0.05, 0.1) is 23.6 Å². The highest BCUT2D eigenvalue weighted by Gasteiger charge is 2.17. The van der Waals surface area contributed by atoms with Crippen molar-refractivity contribution in [2.75, 3.05) is 18.2 Å². The molecule has 1 aromatic heterocycles. The van der Waals surface area contributed by atoms with Gasteiger partial charge in [0.2, 0.25) is 5.91 Å². The standard InChI is InChI=1S/C24H20Cl2N4O3S/c1-32-18-10-8-17(9-11-18)30-22(14-33-19-5-3-2-4-6-19)28-29-24(30)34-15-23(31)27-21-12-7-16(25)13-20(21)26/h2-13H,14-15H2,1H3,(H,27,31). The van der Waals surface area contributed by atoms with E-state index in [0.717, 1.165) is 17.2 Å². The molecule has 0 spiro atoms. The first-order valence-electron chi connectivity index (χ1n) is 10.2. The Bertz CT molecular complexity index is 1270. The molecule has 1 amide bonds. The van der Waals surface area contributed by atoms with Gasteiger partial charge in [-0.1, -0.05) is 53.2 Å². The number of hydrogen-bond donors (Lipinski definition) is 1. The van der Waals surface area contributed by atoms with Gasteiger partial charge < -0.3 is 14.8 Å². The summed E-state index contributed by atoms with van der Waals surface area (Å²) in [6.45, 7) is 0.205. The van der Waals surface area contributed by atoms with Crippen LogP contribution < -0.4 is 14.8 Å². The molecule has 0 saturated carbocycles. The predicted octanol–water partition coefficient (Wildman–Crippen LogP) is 5.89. The van der Waals surface area contributed by atoms with Gasteiger partial charge in [0.15, 0.2) is 11.0 Å². The van der Waals surface area contributed by atoms with E-state index in [-0.39, 0.29) is 18.3 Å². The number of benzene rings is 3. The Morgan fingerprint density at radius 3 is 2.47 bits per heavy atom. The van der Waals surface area contributed by atoms with Gasteiger partial charge in [0, 0.05) is 10.7 Å². The number of carbonyl (C=O) groups excluding carboxylic acids is 1. The monoisotopic (exact) mass is 514 g/mol. The zero-order valence-corrected chi connectivity index (χ0v) is 20.4. The molecule has 0 radical (unpaired) electrons. The van der Waals surface area contributed by atoms with Crippen molar-refractivity contribution < 1.29 is 14.3 Å². The second-order valence-corrected chi connectivity index (χ2v) is 8.78. The van der Waals surface area contributed by atoms with E-state index in [1.165, 1.54) is 11.8 Å². The van der Waals surface area contributed by atoms with E-state index in [1.807, 2.05) is 59.2 Å². The number of ether oxygens (including phenoxy) is 2. The number of carbonyl (C=O) groups is 1. The van der Waals surface area contributed by atoms with Crippen LogP contribution in [0.3, 0.4) is 0 Å². The largest absolute Gasteiger partial charge is 0.497 e. The van der Waals surface area contributed by atoms with E-state index >= 15 is 0 Å². The molecule has 0 saturated heterocycles. The third-order valence-corrected chi connectivity index (χ3v) is 6.16. The van der Waals surface area contributed by atoms with Crippen molar-refractivity contribution in [3.63, 3.8) is 0 Å². The maximum absolute atomic E-state index is 12.5. The van der Waals surface area contributed by atoms with Crippen LogP contribution >= 0.6 is 35.0 Å². The lowest BCUT2D eigenvalue weighted by Crippen LogP contribution is -2.15. The molecule has 0 aliphatic carbocycles. The summed E-state index contributed by atoms with van der Waals surface area (Å²) in [4.78, 5) is 12.5. The Hall–Kier alpha value is -3.20. The number of nitrogens with one attached hydrogen (secondary N) is 1. The molecule has 10 heteroatoms. The average molecular weight is 515 g/mol. The second kappa shape index (κ2) is 11.3. The summed E-state index contributed by atoms with van der Waals surface area (Å²) in [5.41, 5.74) is 1.31. The zero-order valence-electron chi connectivity index (χ0n) is 18.1. The van der Waals surface area contributed by atoms with Gasteiger partial charge in [0.1, 0.15) is 18.1 Å². The van der Waals surface area contributed by atoms with Crippen molar-refractivity contribution in [1.82, 2.24) is 14.8 Å². The fourth-order valence-corrected chi connectivity index (χ4v) is 4.28. The molecule has 0 unspecified atom stereocenters. The third kappa shape index (κ3) is 6.02. The number of hydrogen-bond acceptors (Lipinski definition) is 6. The van der Waals surface area contributed by atoms with Gasteiger partial charge >= 0.3 is 0 Å². The molecule has 1 heterocycles. The fraction of sp³-hybridized carbons (Fsp3) is 0.125. The number of anilines is 1. The van der Waals surface area contributed by atoms with Gasteiger partial charge in [0.25, 0.3) is 0 Å². The average Bonchev–Trinajstić information content (AvgIpc) is 3.26. The first-order chi connectivity index (χ1) is 16.5. The molecule has 34 heavy (non-hydrogen) atoms. The molecule has 7 nitrogen and oxygen atoms in total. The van der Waals surface area contributed by atoms with Crippen molar-refractivity contribution in [2.45, 2.75) is 11.8 Å². The Kier molecular flexibility index (Phi) is 7.95. The molecule has 4 aromatic rings. The summed E-state index contributed by atoms with van der Waals surface area (Å²) in [5.74, 6) is 1.91. The molecule has 174 valence electrons. The lowest BCUT2D eigenvalue weighted by atomic mass is 10.3. The quantitative estimate of drug-likeness (QED) is 0.280. The molecule has 0 fully saturated rings. The highest BCUT2D eigenvalue weighted by molar-refractivity contribution is 7.99. The first-order valence-corrected chi connectivity index (χ1v) is 11.9. The number of aromatic nitrogens is 3. The zero-order chi connectivity index (χ0) is 23.9. The van der Waals surface area contributed by atoms with E-state index < -0.39 is 0 Å². The van der Waals surface area contributed by atoms with Gasteiger partial charge in [-0.2, -0.15) is 0 Å². The van der Waals surface area contributed by atoms with E-state index in [2.05, 4.69) is 15.5 Å². The summed E-state index contributed by atoms with van der Waals surface area (Å²) < 4.78 is 13.0. The molecule has 0 atom stereocenters. The van der Waals surface area contributed by atoms with Crippen molar-refractivity contribution in [3.05, 3.63) is 88.7 Å². The second-order valence-electron chi connectivity index (χ2n) is 6.99. The summed E-state index contributed by atoms with van der Waals surface area (Å²) in [6, 6.07) is 21.8. The van der Waals surface area contributed by atoms with Gasteiger partial charge in [-0.3, -0.25) is 9.36 Å². The topological polar surface area (TPSA) is 78.3 Å². The van der Waals surface area contributed by atoms with E-state index in [4.69, 9.17) is 32.7 Å². The molecule has 0 bridgehead atoms. The first kappa shape index (κ1) is 23.9. The number of thioether (sulfide) groups is 1. The highest BCUT2D eigenvalue weighted by atomic mass is 35.5. The number of para-hydroxylation sites is 1. The van der Waals surface area contributed by atoms with Crippen LogP contribution in [0.15, 0.2) is 78.0 Å². The van der Waals surface area contributed by atoms with Gasteiger partial charge in [-0.25, -0.2) is 0 Å². The van der Waals surface area contributed by atoms with E-state index in [9.17, 15) is 4.79 Å². The van der Waals surface area contributed by atoms with Crippen molar-refractivity contribution >= 4 is 46.6 Å². The Morgan fingerprint density at radius 2 is 1.76 bits per heavy atom. The van der Waals surface area contributed by atoms with Crippen LogP contribution in [0.5, 0.6) is 11.5 Å². The predicted molar refractivity (Wildman–Crippen MR) is 135 cm³/mol. The number of rotatable bonds is 9. The van der Waals surface area contributed by atoms with E-state index in [0.29, 0.717) is 26.7 Å². The summed E-state index contributed by atoms with van der Waals surface area (Å²) in [6.07, 6.45) is 0. The van der Waals surface area contributed by atoms with Crippen LogP contribution in [0, 0.1) is 0 Å². The van der Waals surface area contributed by atoms with Crippen molar-refractivity contribution in [1.29, 1.82) is 0 Å².